The summed E-state index contributed by atoms with van der Waals surface area (Å²) >= 11 is -2.56. The summed E-state index contributed by atoms with van der Waals surface area (Å²) in [5, 5.41) is 0. The van der Waals surface area contributed by atoms with E-state index in [0.717, 1.165) is 4.16 Å². The molecule has 1 aromatic rings. The second-order valence-electron chi connectivity index (χ2n) is 3.21. The minimum absolute atomic E-state index is 0.377. The third-order valence-electron chi connectivity index (χ3n) is 1.79. The number of benzene rings is 1. The Morgan fingerprint density at radius 3 is 1.92 bits per heavy atom. The van der Waals surface area contributed by atoms with E-state index in [1.54, 1.807) is 0 Å². The van der Waals surface area contributed by atoms with Crippen LogP contribution >= 0.6 is 19.4 Å². The van der Waals surface area contributed by atoms with Gasteiger partial charge in [0.25, 0.3) is 0 Å². The first-order chi connectivity index (χ1) is 5.94. The summed E-state index contributed by atoms with van der Waals surface area (Å²) in [5.74, 6) is 0. The van der Waals surface area contributed by atoms with E-state index in [2.05, 4.69) is 45.0 Å². The van der Waals surface area contributed by atoms with Gasteiger partial charge in [0.1, 0.15) is 0 Å². The molecule has 0 aliphatic heterocycles. The Hall–Kier alpha value is 0.423. The Labute approximate surface area is 91.2 Å². The Bertz CT molecular complexity index is 277. The molecule has 0 N–H and O–H groups in total. The van der Waals surface area contributed by atoms with Gasteiger partial charge in [-0.1, -0.05) is 0 Å². The van der Waals surface area contributed by atoms with E-state index in [1.165, 1.54) is 5.56 Å². The molecule has 1 aromatic carbocycles. The molecule has 0 aliphatic rings. The van der Waals surface area contributed by atoms with E-state index in [9.17, 15) is 0 Å². The fraction of sp³-hybridized carbons (Fsp3) is 0.400. The van der Waals surface area contributed by atoms with Crippen LogP contribution in [0.1, 0.15) is 19.4 Å². The van der Waals surface area contributed by atoms with Gasteiger partial charge in [0.2, 0.25) is 0 Å². The summed E-state index contributed by atoms with van der Waals surface area (Å²) in [6.45, 7) is 6.24. The number of halogens is 2. The van der Waals surface area contributed by atoms with Gasteiger partial charge in [0, 0.05) is 0 Å². The van der Waals surface area contributed by atoms with Gasteiger partial charge in [-0.3, -0.25) is 0 Å². The van der Waals surface area contributed by atoms with Gasteiger partial charge in [-0.2, -0.15) is 0 Å². The Balaban J connectivity index is 3.01. The molecule has 0 amide bonds. The molecular weight excluding hydrogens is 292 g/mol. The zero-order valence-electron chi connectivity index (χ0n) is 8.00. The van der Waals surface area contributed by atoms with Crippen LogP contribution in [-0.4, -0.2) is 0 Å². The van der Waals surface area contributed by atoms with E-state index in [0.29, 0.717) is 4.51 Å². The zero-order valence-corrected chi connectivity index (χ0v) is 11.2. The van der Waals surface area contributed by atoms with E-state index >= 15 is 0 Å². The van der Waals surface area contributed by atoms with Crippen molar-refractivity contribution in [3.05, 3.63) is 29.8 Å². The van der Waals surface area contributed by atoms with Crippen LogP contribution in [0.15, 0.2) is 24.3 Å². The van der Waals surface area contributed by atoms with Crippen molar-refractivity contribution < 1.29 is 12.8 Å². The number of hydrogen-bond donors (Lipinski definition) is 0. The maximum absolute atomic E-state index is 6.38. The molecular formula is C10H14Cl2Ru. The predicted octanol–water partition coefficient (Wildman–Crippen LogP) is 3.91. The fourth-order valence-corrected chi connectivity index (χ4v) is 4.20. The van der Waals surface area contributed by atoms with Gasteiger partial charge in [-0.15, -0.1) is 0 Å². The average Bonchev–Trinajstić information content (AvgIpc) is 2.04. The second kappa shape index (κ2) is 4.30. The van der Waals surface area contributed by atoms with E-state index < -0.39 is 12.8 Å². The topological polar surface area (TPSA) is 0 Å². The Kier molecular flexibility index (Phi) is 3.80. The van der Waals surface area contributed by atoms with Crippen LogP contribution < -0.4 is 4.16 Å². The summed E-state index contributed by atoms with van der Waals surface area (Å²) in [4.78, 5) is 0. The van der Waals surface area contributed by atoms with Gasteiger partial charge in [0.15, 0.2) is 0 Å². The van der Waals surface area contributed by atoms with Crippen molar-refractivity contribution >= 4 is 23.5 Å². The maximum atomic E-state index is 6.38. The van der Waals surface area contributed by atoms with Crippen LogP contribution in [0.3, 0.4) is 0 Å². The minimum atomic E-state index is -2.56. The Morgan fingerprint density at radius 1 is 1.08 bits per heavy atom. The summed E-state index contributed by atoms with van der Waals surface area (Å²) in [6, 6.07) is 8.25. The first-order valence-electron chi connectivity index (χ1n) is 4.12. The third-order valence-corrected chi connectivity index (χ3v) is 11.7. The monoisotopic (exact) mass is 306 g/mol. The molecule has 0 aromatic heterocycles. The first-order valence-corrected chi connectivity index (χ1v) is 10.5. The molecule has 13 heavy (non-hydrogen) atoms. The van der Waals surface area contributed by atoms with Crippen LogP contribution in [-0.2, 0) is 12.8 Å². The number of aryl methyl sites for hydroxylation is 1. The quantitative estimate of drug-likeness (QED) is 0.727. The Morgan fingerprint density at radius 2 is 1.54 bits per heavy atom. The zero-order chi connectivity index (χ0) is 10.1. The molecule has 76 valence electrons. The molecule has 0 radical (unpaired) electrons. The normalized spacial score (nSPS) is 13.4. The summed E-state index contributed by atoms with van der Waals surface area (Å²) < 4.78 is 1.52. The van der Waals surface area contributed by atoms with Crippen molar-refractivity contribution in [2.24, 2.45) is 0 Å². The van der Waals surface area contributed by atoms with Gasteiger partial charge < -0.3 is 0 Å². The average molecular weight is 306 g/mol. The van der Waals surface area contributed by atoms with Crippen molar-refractivity contribution in [1.29, 1.82) is 0 Å². The second-order valence-corrected chi connectivity index (χ2v) is 14.2. The number of hydrogen-bond acceptors (Lipinski definition) is 0. The van der Waals surface area contributed by atoms with E-state index in [1.807, 2.05) is 0 Å². The van der Waals surface area contributed by atoms with Crippen molar-refractivity contribution in [2.45, 2.75) is 25.3 Å². The molecule has 0 saturated heterocycles. The van der Waals surface area contributed by atoms with E-state index in [4.69, 9.17) is 19.4 Å². The summed E-state index contributed by atoms with van der Waals surface area (Å²) in [7, 11) is 12.8. The number of rotatable bonds is 2. The molecule has 3 heteroatoms. The van der Waals surface area contributed by atoms with Crippen molar-refractivity contribution in [1.82, 2.24) is 0 Å². The molecule has 0 heterocycles. The van der Waals surface area contributed by atoms with Crippen molar-refractivity contribution in [3.8, 4) is 0 Å². The molecule has 1 rings (SSSR count). The molecule has 0 fully saturated rings. The molecule has 0 saturated carbocycles. The van der Waals surface area contributed by atoms with E-state index in [-0.39, 0.29) is 0 Å². The first kappa shape index (κ1) is 11.5. The molecule has 0 aliphatic carbocycles. The van der Waals surface area contributed by atoms with Crippen molar-refractivity contribution in [3.63, 3.8) is 0 Å². The van der Waals surface area contributed by atoms with Crippen molar-refractivity contribution in [2.75, 3.05) is 0 Å². The van der Waals surface area contributed by atoms with Gasteiger partial charge in [-0.25, -0.2) is 0 Å². The summed E-state index contributed by atoms with van der Waals surface area (Å²) in [6.07, 6.45) is 0. The van der Waals surface area contributed by atoms with Gasteiger partial charge in [-0.05, 0) is 0 Å². The molecule has 0 nitrogen and oxygen atoms in total. The molecule has 0 unspecified atom stereocenters. The molecule has 0 atom stereocenters. The molecule has 0 spiro atoms. The van der Waals surface area contributed by atoms with Crippen LogP contribution in [0.4, 0.5) is 0 Å². The van der Waals surface area contributed by atoms with Crippen LogP contribution in [0, 0.1) is 6.92 Å². The standard InChI is InChI=1S/C7H7.C3H7.2ClH.Ru/c1-7-5-3-2-4-6-7;1-3-2;;;/h3-6H,1H3;3H,1-2H3;2*1H;/q;;;;+2/p-2. The summed E-state index contributed by atoms with van der Waals surface area (Å²) in [5.41, 5.74) is 1.25. The SMILES string of the molecule is Cc1cc[c]([Ru]([Cl])([Cl])[CH](C)C)cc1. The molecule has 0 bridgehead atoms. The van der Waals surface area contributed by atoms with Crippen LogP contribution in [0.25, 0.3) is 0 Å². The van der Waals surface area contributed by atoms with Crippen LogP contribution in [0.2, 0.25) is 4.51 Å². The van der Waals surface area contributed by atoms with Gasteiger partial charge >= 0.3 is 91.4 Å². The van der Waals surface area contributed by atoms with Gasteiger partial charge in [0.05, 0.1) is 0 Å². The predicted molar refractivity (Wildman–Crippen MR) is 57.6 cm³/mol. The third kappa shape index (κ3) is 2.68. The van der Waals surface area contributed by atoms with Crippen LogP contribution in [0.5, 0.6) is 0 Å². The fourth-order valence-electron chi connectivity index (χ4n) is 0.922.